The molecule has 0 aliphatic rings. The predicted molar refractivity (Wildman–Crippen MR) is 46.4 cm³/mol. The van der Waals surface area contributed by atoms with Crippen LogP contribution < -0.4 is 9.57 Å². The van der Waals surface area contributed by atoms with Crippen molar-refractivity contribution < 1.29 is 9.57 Å². The van der Waals surface area contributed by atoms with Crippen molar-refractivity contribution in [2.45, 2.75) is 12.3 Å². The fourth-order valence-electron chi connectivity index (χ4n) is 0.832. The SMILES string of the molecule is CCO[n+]1ccccc1CBr. The number of hydrogen-bond acceptors (Lipinski definition) is 1. The first kappa shape index (κ1) is 8.53. The molecule has 0 radical (unpaired) electrons. The van der Waals surface area contributed by atoms with E-state index in [1.165, 1.54) is 0 Å². The minimum Gasteiger partial charge on any atom is -0.271 e. The molecule has 3 heteroatoms. The van der Waals surface area contributed by atoms with Gasteiger partial charge in [0.05, 0.1) is 5.33 Å². The third-order valence-electron chi connectivity index (χ3n) is 1.31. The summed E-state index contributed by atoms with van der Waals surface area (Å²) in [5.74, 6) is 0. The zero-order valence-corrected chi connectivity index (χ0v) is 8.04. The summed E-state index contributed by atoms with van der Waals surface area (Å²) in [6, 6.07) is 5.96. The van der Waals surface area contributed by atoms with Crippen LogP contribution in [0.4, 0.5) is 0 Å². The van der Waals surface area contributed by atoms with Gasteiger partial charge in [0, 0.05) is 16.9 Å². The van der Waals surface area contributed by atoms with Gasteiger partial charge in [0.15, 0.2) is 6.61 Å². The topological polar surface area (TPSA) is 13.1 Å². The number of halogens is 1. The van der Waals surface area contributed by atoms with Gasteiger partial charge in [-0.3, -0.25) is 4.84 Å². The highest BCUT2D eigenvalue weighted by atomic mass is 79.9. The molecule has 0 saturated heterocycles. The van der Waals surface area contributed by atoms with E-state index in [-0.39, 0.29) is 0 Å². The summed E-state index contributed by atoms with van der Waals surface area (Å²) in [5.41, 5.74) is 1.12. The molecule has 0 spiro atoms. The predicted octanol–water partition coefficient (Wildman–Crippen LogP) is 1.32. The molecule has 0 aliphatic carbocycles. The fraction of sp³-hybridized carbons (Fsp3) is 0.375. The lowest BCUT2D eigenvalue weighted by atomic mass is 10.4. The van der Waals surface area contributed by atoms with Gasteiger partial charge in [-0.05, 0) is 13.0 Å². The minimum atomic E-state index is 0.689. The Labute approximate surface area is 74.9 Å². The summed E-state index contributed by atoms with van der Waals surface area (Å²) in [6.07, 6.45) is 1.90. The molecule has 11 heavy (non-hydrogen) atoms. The monoisotopic (exact) mass is 216 g/mol. The third-order valence-corrected chi connectivity index (χ3v) is 1.88. The lowest BCUT2D eigenvalue weighted by Gasteiger charge is -1.96. The summed E-state index contributed by atoms with van der Waals surface area (Å²) >= 11 is 3.38. The fourth-order valence-corrected chi connectivity index (χ4v) is 1.27. The molecule has 2 nitrogen and oxygen atoms in total. The van der Waals surface area contributed by atoms with Crippen molar-refractivity contribution in [1.82, 2.24) is 0 Å². The number of hydrogen-bond donors (Lipinski definition) is 0. The van der Waals surface area contributed by atoms with Crippen LogP contribution in [0.1, 0.15) is 12.6 Å². The summed E-state index contributed by atoms with van der Waals surface area (Å²) < 4.78 is 1.77. The normalized spacial score (nSPS) is 9.64. The lowest BCUT2D eigenvalue weighted by Crippen LogP contribution is -2.45. The Balaban J connectivity index is 2.83. The Morgan fingerprint density at radius 1 is 1.55 bits per heavy atom. The van der Waals surface area contributed by atoms with Crippen molar-refractivity contribution in [3.8, 4) is 0 Å². The molecule has 0 unspecified atom stereocenters. The number of aromatic nitrogens is 1. The van der Waals surface area contributed by atoms with E-state index < -0.39 is 0 Å². The van der Waals surface area contributed by atoms with Gasteiger partial charge in [0.2, 0.25) is 11.9 Å². The van der Waals surface area contributed by atoms with Crippen molar-refractivity contribution in [1.29, 1.82) is 0 Å². The average Bonchev–Trinajstić information content (AvgIpc) is 2.06. The van der Waals surface area contributed by atoms with Crippen LogP contribution >= 0.6 is 15.9 Å². The molecule has 0 bridgehead atoms. The van der Waals surface area contributed by atoms with E-state index in [1.807, 2.05) is 31.3 Å². The van der Waals surface area contributed by atoms with Crippen LogP contribution in [0.3, 0.4) is 0 Å². The maximum Gasteiger partial charge on any atom is 0.244 e. The van der Waals surface area contributed by atoms with E-state index >= 15 is 0 Å². The van der Waals surface area contributed by atoms with Gasteiger partial charge in [0.25, 0.3) is 0 Å². The van der Waals surface area contributed by atoms with E-state index in [0.29, 0.717) is 6.61 Å². The standard InChI is InChI=1S/C8H11BrNO/c1-2-11-10-6-4-3-5-8(10)7-9/h3-6H,2,7H2,1H3/q+1. The number of pyridine rings is 1. The largest absolute Gasteiger partial charge is 0.271 e. The maximum atomic E-state index is 5.31. The summed E-state index contributed by atoms with van der Waals surface area (Å²) in [5, 5.41) is 0.813. The van der Waals surface area contributed by atoms with E-state index in [9.17, 15) is 0 Å². The molecule has 0 aromatic carbocycles. The van der Waals surface area contributed by atoms with Crippen molar-refractivity contribution in [3.05, 3.63) is 30.1 Å². The second-order valence-electron chi connectivity index (χ2n) is 2.07. The van der Waals surface area contributed by atoms with Crippen LogP contribution in [0, 0.1) is 0 Å². The smallest absolute Gasteiger partial charge is 0.244 e. The van der Waals surface area contributed by atoms with Gasteiger partial charge in [-0.15, -0.1) is 0 Å². The molecule has 60 valence electrons. The molecular formula is C8H11BrNO+. The molecule has 1 aromatic heterocycles. The van der Waals surface area contributed by atoms with Gasteiger partial charge in [-0.1, -0.05) is 15.9 Å². The van der Waals surface area contributed by atoms with Crippen LogP contribution in [-0.4, -0.2) is 6.61 Å². The first-order valence-corrected chi connectivity index (χ1v) is 4.69. The third kappa shape index (κ3) is 2.19. The Bertz CT molecular complexity index is 227. The van der Waals surface area contributed by atoms with E-state index in [2.05, 4.69) is 15.9 Å². The highest BCUT2D eigenvalue weighted by molar-refractivity contribution is 9.08. The van der Waals surface area contributed by atoms with Crippen molar-refractivity contribution in [3.63, 3.8) is 0 Å². The van der Waals surface area contributed by atoms with Crippen LogP contribution in [0.15, 0.2) is 24.4 Å². The van der Waals surface area contributed by atoms with Crippen LogP contribution in [0.5, 0.6) is 0 Å². The van der Waals surface area contributed by atoms with Gasteiger partial charge < -0.3 is 0 Å². The highest BCUT2D eigenvalue weighted by Gasteiger charge is 2.07. The van der Waals surface area contributed by atoms with Crippen LogP contribution in [-0.2, 0) is 5.33 Å². The zero-order chi connectivity index (χ0) is 8.10. The molecule has 1 rings (SSSR count). The average molecular weight is 217 g/mol. The van der Waals surface area contributed by atoms with E-state index in [4.69, 9.17) is 4.84 Å². The quantitative estimate of drug-likeness (QED) is 0.549. The Hall–Kier alpha value is -0.570. The van der Waals surface area contributed by atoms with E-state index in [0.717, 1.165) is 11.0 Å². The summed E-state index contributed by atoms with van der Waals surface area (Å²) in [7, 11) is 0. The first-order valence-electron chi connectivity index (χ1n) is 3.57. The summed E-state index contributed by atoms with van der Waals surface area (Å²) in [6.45, 7) is 2.66. The number of nitrogens with zero attached hydrogens (tertiary/aromatic N) is 1. The lowest BCUT2D eigenvalue weighted by molar-refractivity contribution is -0.895. The molecule has 1 heterocycles. The summed E-state index contributed by atoms with van der Waals surface area (Å²) in [4.78, 5) is 5.31. The van der Waals surface area contributed by atoms with Crippen LogP contribution in [0.25, 0.3) is 0 Å². The number of alkyl halides is 1. The molecule has 0 amide bonds. The molecule has 0 atom stereocenters. The molecule has 0 aliphatic heterocycles. The highest BCUT2D eigenvalue weighted by Crippen LogP contribution is 1.96. The van der Waals surface area contributed by atoms with Crippen molar-refractivity contribution in [2.24, 2.45) is 0 Å². The Morgan fingerprint density at radius 2 is 2.36 bits per heavy atom. The van der Waals surface area contributed by atoms with Gasteiger partial charge >= 0.3 is 0 Å². The number of rotatable bonds is 3. The second kappa shape index (κ2) is 4.34. The maximum absolute atomic E-state index is 5.31. The van der Waals surface area contributed by atoms with Crippen LogP contribution in [0.2, 0.25) is 0 Å². The van der Waals surface area contributed by atoms with Crippen molar-refractivity contribution >= 4 is 15.9 Å². The Morgan fingerprint density at radius 3 is 3.00 bits per heavy atom. The molecule has 0 fully saturated rings. The zero-order valence-electron chi connectivity index (χ0n) is 6.46. The molecular weight excluding hydrogens is 206 g/mol. The van der Waals surface area contributed by atoms with Crippen molar-refractivity contribution in [2.75, 3.05) is 6.61 Å². The van der Waals surface area contributed by atoms with Gasteiger partial charge in [-0.25, -0.2) is 0 Å². The molecule has 0 N–H and O–H groups in total. The first-order chi connectivity index (χ1) is 5.38. The molecule has 0 saturated carbocycles. The van der Waals surface area contributed by atoms with Gasteiger partial charge in [0.1, 0.15) is 0 Å². The Kier molecular flexibility index (Phi) is 3.36. The minimum absolute atomic E-state index is 0.689. The van der Waals surface area contributed by atoms with Gasteiger partial charge in [-0.2, -0.15) is 0 Å². The molecule has 1 aromatic rings. The second-order valence-corrected chi connectivity index (χ2v) is 2.63. The van der Waals surface area contributed by atoms with E-state index in [1.54, 1.807) is 4.73 Å².